The lowest BCUT2D eigenvalue weighted by Crippen LogP contribution is -2.28. The fraction of sp³-hybridized carbons (Fsp3) is 0.318. The summed E-state index contributed by atoms with van der Waals surface area (Å²) >= 11 is 0. The predicted octanol–water partition coefficient (Wildman–Crippen LogP) is 2.99. The van der Waals surface area contributed by atoms with Gasteiger partial charge < -0.3 is 14.5 Å². The van der Waals surface area contributed by atoms with Crippen LogP contribution >= 0.6 is 0 Å². The summed E-state index contributed by atoms with van der Waals surface area (Å²) in [6, 6.07) is 9.59. The standard InChI is InChI=1S/C22H24N4O6S/c1-3-31-22(28)18-10-13-26(24-18)17-8-6-16(7-9-17)23-21(27)19-14-20(15(2)32-19)33(29,30)25-11-4-5-12-25/h6-10,13-14H,3-5,11-12H2,1-2H3,(H,23,27). The summed E-state index contributed by atoms with van der Waals surface area (Å²) < 4.78 is 38.9. The average molecular weight is 473 g/mol. The Balaban J connectivity index is 1.46. The highest BCUT2D eigenvalue weighted by Gasteiger charge is 2.31. The van der Waals surface area contributed by atoms with Crippen LogP contribution in [0.5, 0.6) is 0 Å². The number of amides is 1. The van der Waals surface area contributed by atoms with E-state index >= 15 is 0 Å². The van der Waals surface area contributed by atoms with Gasteiger partial charge in [0.25, 0.3) is 5.91 Å². The van der Waals surface area contributed by atoms with Crippen molar-refractivity contribution >= 4 is 27.6 Å². The van der Waals surface area contributed by atoms with Crippen molar-refractivity contribution in [3.05, 3.63) is 59.8 Å². The van der Waals surface area contributed by atoms with Gasteiger partial charge in [0, 0.05) is 31.0 Å². The number of rotatable bonds is 7. The first kappa shape index (κ1) is 22.7. The molecule has 1 aliphatic rings. The van der Waals surface area contributed by atoms with Crippen LogP contribution in [0.25, 0.3) is 5.69 Å². The van der Waals surface area contributed by atoms with Crippen molar-refractivity contribution in [3.63, 3.8) is 0 Å². The monoisotopic (exact) mass is 472 g/mol. The number of furan rings is 1. The van der Waals surface area contributed by atoms with E-state index in [2.05, 4.69) is 10.4 Å². The highest BCUT2D eigenvalue weighted by molar-refractivity contribution is 7.89. The van der Waals surface area contributed by atoms with Crippen LogP contribution in [0, 0.1) is 6.92 Å². The van der Waals surface area contributed by atoms with Gasteiger partial charge in [0.2, 0.25) is 10.0 Å². The van der Waals surface area contributed by atoms with Gasteiger partial charge in [-0.3, -0.25) is 4.79 Å². The van der Waals surface area contributed by atoms with E-state index in [0.717, 1.165) is 12.8 Å². The number of aromatic nitrogens is 2. The summed E-state index contributed by atoms with van der Waals surface area (Å²) in [7, 11) is -3.68. The molecule has 11 heteroatoms. The second-order valence-corrected chi connectivity index (χ2v) is 9.42. The van der Waals surface area contributed by atoms with Crippen molar-refractivity contribution in [2.24, 2.45) is 0 Å². The van der Waals surface area contributed by atoms with E-state index in [4.69, 9.17) is 9.15 Å². The predicted molar refractivity (Wildman–Crippen MR) is 119 cm³/mol. The van der Waals surface area contributed by atoms with E-state index in [1.54, 1.807) is 43.5 Å². The quantitative estimate of drug-likeness (QED) is 0.524. The van der Waals surface area contributed by atoms with Crippen LogP contribution in [0.15, 0.2) is 51.9 Å². The maximum atomic E-state index is 12.8. The van der Waals surface area contributed by atoms with Crippen LogP contribution in [0.3, 0.4) is 0 Å². The molecule has 2 aromatic heterocycles. The van der Waals surface area contributed by atoms with Gasteiger partial charge >= 0.3 is 5.97 Å². The van der Waals surface area contributed by atoms with Gasteiger partial charge in [-0.2, -0.15) is 9.40 Å². The van der Waals surface area contributed by atoms with Crippen molar-refractivity contribution in [1.82, 2.24) is 14.1 Å². The molecule has 3 heterocycles. The Hall–Kier alpha value is -3.44. The van der Waals surface area contributed by atoms with E-state index in [9.17, 15) is 18.0 Å². The molecule has 10 nitrogen and oxygen atoms in total. The largest absolute Gasteiger partial charge is 0.461 e. The number of carbonyl (C=O) groups is 2. The maximum Gasteiger partial charge on any atom is 0.358 e. The van der Waals surface area contributed by atoms with Crippen molar-refractivity contribution < 1.29 is 27.2 Å². The Bertz CT molecular complexity index is 1270. The van der Waals surface area contributed by atoms with E-state index in [1.807, 2.05) is 0 Å². The first-order chi connectivity index (χ1) is 15.8. The number of aryl methyl sites for hydroxylation is 1. The number of sulfonamides is 1. The molecule has 174 valence electrons. The summed E-state index contributed by atoms with van der Waals surface area (Å²) in [6.45, 7) is 4.46. The summed E-state index contributed by atoms with van der Waals surface area (Å²) in [4.78, 5) is 24.4. The Labute approximate surface area is 191 Å². The summed E-state index contributed by atoms with van der Waals surface area (Å²) in [5.41, 5.74) is 1.36. The van der Waals surface area contributed by atoms with E-state index in [-0.39, 0.29) is 28.7 Å². The number of nitrogens with zero attached hydrogens (tertiary/aromatic N) is 3. The Morgan fingerprint density at radius 2 is 1.85 bits per heavy atom. The third-order valence-corrected chi connectivity index (χ3v) is 7.25. The minimum atomic E-state index is -3.68. The van der Waals surface area contributed by atoms with Crippen LogP contribution in [-0.2, 0) is 14.8 Å². The number of hydrogen-bond donors (Lipinski definition) is 1. The number of carbonyl (C=O) groups excluding carboxylic acids is 2. The maximum absolute atomic E-state index is 12.8. The molecule has 0 atom stereocenters. The number of anilines is 1. The summed E-state index contributed by atoms with van der Waals surface area (Å²) in [5.74, 6) is -0.962. The fourth-order valence-electron chi connectivity index (χ4n) is 3.57. The Kier molecular flexibility index (Phi) is 6.34. The van der Waals surface area contributed by atoms with Crippen molar-refractivity contribution in [2.45, 2.75) is 31.6 Å². The average Bonchev–Trinajstić information content (AvgIpc) is 3.55. The molecule has 33 heavy (non-hydrogen) atoms. The highest BCUT2D eigenvalue weighted by atomic mass is 32.2. The van der Waals surface area contributed by atoms with Gasteiger partial charge in [0.05, 0.1) is 12.3 Å². The fourth-order valence-corrected chi connectivity index (χ4v) is 5.25. The van der Waals surface area contributed by atoms with Gasteiger partial charge in [-0.15, -0.1) is 0 Å². The molecule has 1 aromatic carbocycles. The number of nitrogens with one attached hydrogen (secondary N) is 1. The minimum Gasteiger partial charge on any atom is -0.461 e. The smallest absolute Gasteiger partial charge is 0.358 e. The molecule has 3 aromatic rings. The van der Waals surface area contributed by atoms with E-state index < -0.39 is 21.9 Å². The summed E-state index contributed by atoms with van der Waals surface area (Å²) in [5, 5.41) is 6.88. The van der Waals surface area contributed by atoms with Gasteiger partial charge in [0.15, 0.2) is 11.5 Å². The van der Waals surface area contributed by atoms with E-state index in [1.165, 1.54) is 22.0 Å². The Morgan fingerprint density at radius 1 is 1.15 bits per heavy atom. The zero-order chi connectivity index (χ0) is 23.6. The molecular formula is C22H24N4O6S. The molecule has 0 bridgehead atoms. The molecule has 0 aliphatic carbocycles. The molecule has 0 spiro atoms. The zero-order valence-electron chi connectivity index (χ0n) is 18.3. The third-order valence-electron chi connectivity index (χ3n) is 5.24. The minimum absolute atomic E-state index is 0.0148. The van der Waals surface area contributed by atoms with Gasteiger partial charge in [0.1, 0.15) is 10.7 Å². The first-order valence-corrected chi connectivity index (χ1v) is 12.0. The van der Waals surface area contributed by atoms with Crippen molar-refractivity contribution in [2.75, 3.05) is 25.0 Å². The molecule has 4 rings (SSSR count). The molecule has 0 radical (unpaired) electrons. The SMILES string of the molecule is CCOC(=O)c1ccn(-c2ccc(NC(=O)c3cc(S(=O)(=O)N4CCCC4)c(C)o3)cc2)n1. The van der Waals surface area contributed by atoms with Crippen LogP contribution in [-0.4, -0.2) is 54.1 Å². The topological polar surface area (TPSA) is 124 Å². The number of esters is 1. The number of ether oxygens (including phenoxy) is 1. The lowest BCUT2D eigenvalue weighted by Gasteiger charge is -2.14. The van der Waals surface area contributed by atoms with Crippen LogP contribution < -0.4 is 5.32 Å². The zero-order valence-corrected chi connectivity index (χ0v) is 19.1. The molecule has 1 aliphatic heterocycles. The first-order valence-electron chi connectivity index (χ1n) is 10.5. The van der Waals surface area contributed by atoms with Crippen LogP contribution in [0.4, 0.5) is 5.69 Å². The lowest BCUT2D eigenvalue weighted by atomic mass is 10.2. The van der Waals surface area contributed by atoms with Crippen LogP contribution in [0.1, 0.15) is 46.6 Å². The highest BCUT2D eigenvalue weighted by Crippen LogP contribution is 2.27. The third kappa shape index (κ3) is 4.69. The normalized spacial score (nSPS) is 14.4. The van der Waals surface area contributed by atoms with Crippen LogP contribution in [0.2, 0.25) is 0 Å². The van der Waals surface area contributed by atoms with Gasteiger partial charge in [-0.1, -0.05) is 0 Å². The van der Waals surface area contributed by atoms with Crippen molar-refractivity contribution in [3.8, 4) is 5.69 Å². The molecular weight excluding hydrogens is 448 g/mol. The summed E-state index contributed by atoms with van der Waals surface area (Å²) in [6.07, 6.45) is 3.28. The molecule has 1 saturated heterocycles. The number of hydrogen-bond acceptors (Lipinski definition) is 7. The van der Waals surface area contributed by atoms with Gasteiger partial charge in [-0.25, -0.2) is 17.9 Å². The second-order valence-electron chi connectivity index (χ2n) is 7.51. The van der Waals surface area contributed by atoms with Gasteiger partial charge in [-0.05, 0) is 57.0 Å². The molecule has 0 unspecified atom stereocenters. The van der Waals surface area contributed by atoms with Crippen molar-refractivity contribution in [1.29, 1.82) is 0 Å². The van der Waals surface area contributed by atoms with E-state index in [0.29, 0.717) is 24.5 Å². The number of benzene rings is 1. The Morgan fingerprint density at radius 3 is 2.52 bits per heavy atom. The molecule has 1 fully saturated rings. The lowest BCUT2D eigenvalue weighted by molar-refractivity contribution is 0.0518. The molecule has 1 amide bonds. The second kappa shape index (κ2) is 9.20. The molecule has 1 N–H and O–H groups in total. The molecule has 0 saturated carbocycles.